The van der Waals surface area contributed by atoms with Crippen LogP contribution >= 0.6 is 11.6 Å². The van der Waals surface area contributed by atoms with E-state index in [2.05, 4.69) is 5.32 Å². The number of hydrogen-bond acceptors (Lipinski definition) is 3. The van der Waals surface area contributed by atoms with Gasteiger partial charge in [-0.05, 0) is 5.92 Å². The molecular formula is C11H14ClFN2O2. The van der Waals surface area contributed by atoms with Crippen molar-refractivity contribution in [2.75, 3.05) is 11.9 Å². The molecule has 0 saturated carbocycles. The van der Waals surface area contributed by atoms with Gasteiger partial charge in [-0.1, -0.05) is 31.9 Å². The van der Waals surface area contributed by atoms with Crippen LogP contribution in [0.1, 0.15) is 20.3 Å². The zero-order valence-electron chi connectivity index (χ0n) is 9.67. The first-order chi connectivity index (χ1) is 7.95. The molecule has 1 aromatic rings. The number of hydrogen-bond donors (Lipinski definition) is 1. The monoisotopic (exact) mass is 260 g/mol. The molecule has 0 saturated heterocycles. The van der Waals surface area contributed by atoms with Crippen molar-refractivity contribution in [2.45, 2.75) is 20.3 Å². The second-order valence-electron chi connectivity index (χ2n) is 3.93. The summed E-state index contributed by atoms with van der Waals surface area (Å²) in [5.41, 5.74) is -0.0445. The molecule has 0 radical (unpaired) electrons. The molecule has 0 aliphatic rings. The molecule has 0 amide bonds. The first kappa shape index (κ1) is 13.7. The third-order valence-electron chi connectivity index (χ3n) is 2.57. The maximum absolute atomic E-state index is 13.2. The van der Waals surface area contributed by atoms with E-state index >= 15 is 0 Å². The average molecular weight is 261 g/mol. The summed E-state index contributed by atoms with van der Waals surface area (Å²) in [4.78, 5) is 10.2. The van der Waals surface area contributed by atoms with Crippen molar-refractivity contribution in [1.29, 1.82) is 0 Å². The summed E-state index contributed by atoms with van der Waals surface area (Å²) in [6.07, 6.45) is 0.941. The minimum absolute atomic E-state index is 0.164. The molecule has 0 bridgehead atoms. The normalized spacial score (nSPS) is 12.2. The number of nitrogens with one attached hydrogen (secondary N) is 1. The predicted octanol–water partition coefficient (Wildman–Crippen LogP) is 3.85. The Hall–Kier alpha value is -1.36. The van der Waals surface area contributed by atoms with Gasteiger partial charge in [0, 0.05) is 18.7 Å². The van der Waals surface area contributed by atoms with E-state index in [9.17, 15) is 14.5 Å². The topological polar surface area (TPSA) is 55.2 Å². The van der Waals surface area contributed by atoms with Gasteiger partial charge in [0.15, 0.2) is 0 Å². The zero-order valence-corrected chi connectivity index (χ0v) is 10.4. The van der Waals surface area contributed by atoms with E-state index in [4.69, 9.17) is 11.6 Å². The van der Waals surface area contributed by atoms with Gasteiger partial charge in [0.2, 0.25) is 0 Å². The molecule has 1 unspecified atom stereocenters. The number of nitro groups is 1. The number of nitrogens with zero attached hydrogens (tertiary/aromatic N) is 1. The van der Waals surface area contributed by atoms with Crippen molar-refractivity contribution in [2.24, 2.45) is 5.92 Å². The van der Waals surface area contributed by atoms with Gasteiger partial charge in [0.25, 0.3) is 5.69 Å². The van der Waals surface area contributed by atoms with Crippen LogP contribution in [-0.4, -0.2) is 11.5 Å². The van der Waals surface area contributed by atoms with E-state index in [1.54, 1.807) is 0 Å². The SMILES string of the molecule is CCC(C)CNc1cc(F)c(Cl)cc1[N+](=O)[O-]. The largest absolute Gasteiger partial charge is 0.379 e. The highest BCUT2D eigenvalue weighted by molar-refractivity contribution is 6.31. The standard InChI is InChI=1S/C11H14ClFN2O2/c1-3-7(2)6-14-10-5-9(13)8(12)4-11(10)15(16)17/h4-5,7,14H,3,6H2,1-2H3. The molecule has 0 fully saturated rings. The summed E-state index contributed by atoms with van der Waals surface area (Å²) >= 11 is 5.51. The van der Waals surface area contributed by atoms with Gasteiger partial charge in [-0.25, -0.2) is 4.39 Å². The lowest BCUT2D eigenvalue weighted by molar-refractivity contribution is -0.384. The summed E-state index contributed by atoms with van der Waals surface area (Å²) in [5, 5.41) is 13.4. The van der Waals surface area contributed by atoms with Crippen LogP contribution in [0, 0.1) is 21.8 Å². The second-order valence-corrected chi connectivity index (χ2v) is 4.34. The highest BCUT2D eigenvalue weighted by Crippen LogP contribution is 2.30. The van der Waals surface area contributed by atoms with Gasteiger partial charge in [-0.3, -0.25) is 10.1 Å². The highest BCUT2D eigenvalue weighted by Gasteiger charge is 2.17. The molecule has 94 valence electrons. The van der Waals surface area contributed by atoms with Crippen LogP contribution in [0.3, 0.4) is 0 Å². The average Bonchev–Trinajstić information content (AvgIpc) is 2.29. The molecule has 0 aromatic heterocycles. The fraction of sp³-hybridized carbons (Fsp3) is 0.455. The van der Waals surface area contributed by atoms with Crippen LogP contribution in [0.15, 0.2) is 12.1 Å². The molecule has 1 rings (SSSR count). The van der Waals surface area contributed by atoms with Crippen molar-refractivity contribution in [3.63, 3.8) is 0 Å². The quantitative estimate of drug-likeness (QED) is 0.646. The zero-order chi connectivity index (χ0) is 13.0. The Morgan fingerprint density at radius 1 is 1.59 bits per heavy atom. The Balaban J connectivity index is 2.96. The number of rotatable bonds is 5. The first-order valence-electron chi connectivity index (χ1n) is 5.33. The highest BCUT2D eigenvalue weighted by atomic mass is 35.5. The summed E-state index contributed by atoms with van der Waals surface area (Å²) in [6.45, 7) is 4.58. The minimum atomic E-state index is -0.663. The van der Waals surface area contributed by atoms with Crippen LogP contribution in [-0.2, 0) is 0 Å². The van der Waals surface area contributed by atoms with Gasteiger partial charge >= 0.3 is 0 Å². The Labute approximate surface area is 104 Å². The second kappa shape index (κ2) is 5.82. The Bertz CT molecular complexity index is 426. The van der Waals surface area contributed by atoms with Crippen molar-refractivity contribution in [1.82, 2.24) is 0 Å². The van der Waals surface area contributed by atoms with E-state index in [0.717, 1.165) is 18.6 Å². The first-order valence-corrected chi connectivity index (χ1v) is 5.70. The fourth-order valence-electron chi connectivity index (χ4n) is 1.26. The molecule has 4 nitrogen and oxygen atoms in total. The molecule has 0 heterocycles. The van der Waals surface area contributed by atoms with Crippen LogP contribution < -0.4 is 5.32 Å². The van der Waals surface area contributed by atoms with Crippen LogP contribution in [0.4, 0.5) is 15.8 Å². The molecule has 1 N–H and O–H groups in total. The van der Waals surface area contributed by atoms with Crippen molar-refractivity contribution < 1.29 is 9.31 Å². The predicted molar refractivity (Wildman–Crippen MR) is 66.0 cm³/mol. The fourth-order valence-corrected chi connectivity index (χ4v) is 1.42. The summed E-state index contributed by atoms with van der Waals surface area (Å²) in [7, 11) is 0. The van der Waals surface area contributed by atoms with Gasteiger partial charge in [-0.15, -0.1) is 0 Å². The molecule has 17 heavy (non-hydrogen) atoms. The minimum Gasteiger partial charge on any atom is -0.379 e. The van der Waals surface area contributed by atoms with E-state index in [1.807, 2.05) is 13.8 Å². The van der Waals surface area contributed by atoms with E-state index in [-0.39, 0.29) is 16.4 Å². The summed E-state index contributed by atoms with van der Waals surface area (Å²) in [6, 6.07) is 2.08. The molecule has 6 heteroatoms. The molecule has 0 aliphatic heterocycles. The summed E-state index contributed by atoms with van der Waals surface area (Å²) < 4.78 is 13.2. The van der Waals surface area contributed by atoms with Crippen molar-refractivity contribution in [3.8, 4) is 0 Å². The van der Waals surface area contributed by atoms with Gasteiger partial charge < -0.3 is 5.32 Å². The van der Waals surface area contributed by atoms with Gasteiger partial charge in [0.1, 0.15) is 11.5 Å². The van der Waals surface area contributed by atoms with Gasteiger partial charge in [-0.2, -0.15) is 0 Å². The van der Waals surface area contributed by atoms with Gasteiger partial charge in [0.05, 0.1) is 9.95 Å². The molecule has 0 aliphatic carbocycles. The number of anilines is 1. The molecular weight excluding hydrogens is 247 g/mol. The third kappa shape index (κ3) is 3.56. The number of benzene rings is 1. The van der Waals surface area contributed by atoms with E-state index in [0.29, 0.717) is 12.5 Å². The third-order valence-corrected chi connectivity index (χ3v) is 2.86. The Morgan fingerprint density at radius 2 is 2.24 bits per heavy atom. The van der Waals surface area contributed by atoms with E-state index < -0.39 is 10.7 Å². The Kier molecular flexibility index (Phi) is 4.69. The molecule has 1 aromatic carbocycles. The van der Waals surface area contributed by atoms with Crippen LogP contribution in [0.25, 0.3) is 0 Å². The van der Waals surface area contributed by atoms with Crippen molar-refractivity contribution >= 4 is 23.0 Å². The molecule has 1 atom stereocenters. The maximum Gasteiger partial charge on any atom is 0.294 e. The lowest BCUT2D eigenvalue weighted by Crippen LogP contribution is -2.11. The lowest BCUT2D eigenvalue weighted by Gasteiger charge is -2.11. The van der Waals surface area contributed by atoms with Crippen LogP contribution in [0.2, 0.25) is 5.02 Å². The van der Waals surface area contributed by atoms with E-state index in [1.165, 1.54) is 0 Å². The lowest BCUT2D eigenvalue weighted by atomic mass is 10.1. The van der Waals surface area contributed by atoms with Crippen LogP contribution in [0.5, 0.6) is 0 Å². The smallest absolute Gasteiger partial charge is 0.294 e. The number of nitro benzene ring substituents is 1. The summed E-state index contributed by atoms with van der Waals surface area (Å²) in [5.74, 6) is -0.308. The number of halogens is 2. The Morgan fingerprint density at radius 3 is 2.76 bits per heavy atom. The van der Waals surface area contributed by atoms with Crippen molar-refractivity contribution in [3.05, 3.63) is 33.1 Å². The maximum atomic E-state index is 13.2. The molecule has 0 spiro atoms.